The average molecular weight is 455 g/mol. The lowest BCUT2D eigenvalue weighted by atomic mass is 10.1. The summed E-state index contributed by atoms with van der Waals surface area (Å²) >= 11 is 0. The Labute approximate surface area is 201 Å². The van der Waals surface area contributed by atoms with E-state index in [9.17, 15) is 5.11 Å². The van der Waals surface area contributed by atoms with Gasteiger partial charge in [0.1, 0.15) is 0 Å². The van der Waals surface area contributed by atoms with Crippen molar-refractivity contribution in [2.75, 3.05) is 19.8 Å². The fourth-order valence-corrected chi connectivity index (χ4v) is 3.68. The number of ether oxygens (including phenoxy) is 3. The van der Waals surface area contributed by atoms with E-state index in [4.69, 9.17) is 14.2 Å². The van der Waals surface area contributed by atoms with Crippen molar-refractivity contribution >= 4 is 0 Å². The maximum Gasteiger partial charge on any atom is 0.207 e. The lowest BCUT2D eigenvalue weighted by molar-refractivity contribution is 0.239. The quantitative estimate of drug-likeness (QED) is 0.275. The van der Waals surface area contributed by atoms with Gasteiger partial charge in [-0.05, 0) is 28.8 Å². The summed E-state index contributed by atoms with van der Waals surface area (Å²) in [6.45, 7) is 1.35. The smallest absolute Gasteiger partial charge is 0.207 e. The maximum absolute atomic E-state index is 10.6. The predicted octanol–water partition coefficient (Wildman–Crippen LogP) is 6.26. The fraction of sp³-hybridized carbons (Fsp3) is 0.200. The SMILES string of the molecule is Oc1ccc(OCCc2ccccc2)c(OCCc2ccccc2)c1OCCc1ccccc1. The summed E-state index contributed by atoms with van der Waals surface area (Å²) in [4.78, 5) is 0. The molecule has 4 nitrogen and oxygen atoms in total. The first kappa shape index (κ1) is 23.2. The Bertz CT molecular complexity index is 1130. The van der Waals surface area contributed by atoms with Crippen molar-refractivity contribution in [1.29, 1.82) is 0 Å². The van der Waals surface area contributed by atoms with Crippen LogP contribution in [0.1, 0.15) is 16.7 Å². The van der Waals surface area contributed by atoms with E-state index in [1.807, 2.05) is 54.6 Å². The van der Waals surface area contributed by atoms with Crippen molar-refractivity contribution in [3.8, 4) is 23.0 Å². The van der Waals surface area contributed by atoms with Gasteiger partial charge in [-0.3, -0.25) is 0 Å². The Morgan fingerprint density at radius 1 is 0.441 bits per heavy atom. The van der Waals surface area contributed by atoms with Gasteiger partial charge in [0.2, 0.25) is 11.5 Å². The number of rotatable bonds is 12. The number of hydrogen-bond acceptors (Lipinski definition) is 4. The van der Waals surface area contributed by atoms with E-state index in [2.05, 4.69) is 36.4 Å². The van der Waals surface area contributed by atoms with E-state index >= 15 is 0 Å². The van der Waals surface area contributed by atoms with Gasteiger partial charge in [0, 0.05) is 19.3 Å². The molecule has 0 atom stereocenters. The van der Waals surface area contributed by atoms with E-state index in [1.54, 1.807) is 12.1 Å². The highest BCUT2D eigenvalue weighted by molar-refractivity contribution is 5.58. The molecular weight excluding hydrogens is 424 g/mol. The molecule has 34 heavy (non-hydrogen) atoms. The molecule has 174 valence electrons. The molecule has 0 unspecified atom stereocenters. The van der Waals surface area contributed by atoms with Gasteiger partial charge >= 0.3 is 0 Å². The summed E-state index contributed by atoms with van der Waals surface area (Å²) in [5, 5.41) is 10.6. The molecule has 4 rings (SSSR count). The molecule has 0 heterocycles. The maximum atomic E-state index is 10.6. The Morgan fingerprint density at radius 3 is 1.32 bits per heavy atom. The first-order valence-electron chi connectivity index (χ1n) is 11.7. The van der Waals surface area contributed by atoms with Gasteiger partial charge in [0.25, 0.3) is 0 Å². The Kier molecular flexibility index (Phi) is 8.45. The van der Waals surface area contributed by atoms with Crippen LogP contribution in [0.5, 0.6) is 23.0 Å². The van der Waals surface area contributed by atoms with Crippen LogP contribution in [0, 0.1) is 0 Å². The van der Waals surface area contributed by atoms with Gasteiger partial charge in [-0.15, -0.1) is 0 Å². The van der Waals surface area contributed by atoms with E-state index in [-0.39, 0.29) is 5.75 Å². The zero-order valence-electron chi connectivity index (χ0n) is 19.2. The third kappa shape index (κ3) is 6.79. The highest BCUT2D eigenvalue weighted by atomic mass is 16.5. The minimum atomic E-state index is 0.0400. The number of phenolic OH excluding ortho intramolecular Hbond substituents is 1. The monoisotopic (exact) mass is 454 g/mol. The third-order valence-corrected chi connectivity index (χ3v) is 5.51. The van der Waals surface area contributed by atoms with Crippen molar-refractivity contribution < 1.29 is 19.3 Å². The molecule has 1 N–H and O–H groups in total. The van der Waals surface area contributed by atoms with Crippen molar-refractivity contribution in [3.05, 3.63) is 120 Å². The van der Waals surface area contributed by atoms with Gasteiger partial charge < -0.3 is 19.3 Å². The molecule has 0 bridgehead atoms. The van der Waals surface area contributed by atoms with Crippen LogP contribution in [-0.4, -0.2) is 24.9 Å². The van der Waals surface area contributed by atoms with Crippen molar-refractivity contribution in [2.45, 2.75) is 19.3 Å². The molecule has 0 amide bonds. The van der Waals surface area contributed by atoms with Crippen LogP contribution >= 0.6 is 0 Å². The lowest BCUT2D eigenvalue weighted by Gasteiger charge is -2.18. The summed E-state index contributed by atoms with van der Waals surface area (Å²) in [5.74, 6) is 1.37. The molecule has 0 aliphatic heterocycles. The van der Waals surface area contributed by atoms with E-state index < -0.39 is 0 Å². The van der Waals surface area contributed by atoms with E-state index in [0.717, 1.165) is 19.3 Å². The molecule has 0 aliphatic rings. The standard InChI is InChI=1S/C30H30O4/c31-27-16-17-28(32-21-18-24-10-4-1-5-11-24)30(34-23-20-26-14-8-3-9-15-26)29(27)33-22-19-25-12-6-2-7-13-25/h1-17,31H,18-23H2. The minimum Gasteiger partial charge on any atom is -0.504 e. The Morgan fingerprint density at radius 2 is 0.853 bits per heavy atom. The van der Waals surface area contributed by atoms with Crippen LogP contribution in [-0.2, 0) is 19.3 Å². The molecule has 4 heteroatoms. The van der Waals surface area contributed by atoms with Crippen LogP contribution in [0.4, 0.5) is 0 Å². The van der Waals surface area contributed by atoms with Crippen LogP contribution in [0.25, 0.3) is 0 Å². The summed E-state index contributed by atoms with van der Waals surface area (Å²) in [6.07, 6.45) is 2.24. The van der Waals surface area contributed by atoms with Crippen LogP contribution in [0.2, 0.25) is 0 Å². The molecule has 4 aromatic rings. The van der Waals surface area contributed by atoms with E-state index in [1.165, 1.54) is 16.7 Å². The van der Waals surface area contributed by atoms with Gasteiger partial charge in [-0.1, -0.05) is 91.0 Å². The second-order valence-electron chi connectivity index (χ2n) is 7.99. The fourth-order valence-electron chi connectivity index (χ4n) is 3.68. The molecule has 0 saturated carbocycles. The molecule has 0 spiro atoms. The van der Waals surface area contributed by atoms with Crippen molar-refractivity contribution in [2.24, 2.45) is 0 Å². The van der Waals surface area contributed by atoms with Crippen LogP contribution in [0.3, 0.4) is 0 Å². The largest absolute Gasteiger partial charge is 0.504 e. The Hall–Kier alpha value is -3.92. The number of hydrogen-bond donors (Lipinski definition) is 1. The third-order valence-electron chi connectivity index (χ3n) is 5.51. The topological polar surface area (TPSA) is 47.9 Å². The van der Waals surface area contributed by atoms with Gasteiger partial charge in [0.15, 0.2) is 11.5 Å². The number of phenols is 1. The average Bonchev–Trinajstić information content (AvgIpc) is 2.88. The van der Waals surface area contributed by atoms with Gasteiger partial charge in [0.05, 0.1) is 19.8 Å². The van der Waals surface area contributed by atoms with Crippen molar-refractivity contribution in [3.63, 3.8) is 0 Å². The molecule has 0 radical (unpaired) electrons. The highest BCUT2D eigenvalue weighted by Gasteiger charge is 2.18. The number of aromatic hydroxyl groups is 1. The predicted molar refractivity (Wildman–Crippen MR) is 135 cm³/mol. The summed E-state index contributed by atoms with van der Waals surface area (Å²) in [7, 11) is 0. The molecule has 4 aromatic carbocycles. The number of benzene rings is 4. The summed E-state index contributed by atoms with van der Waals surface area (Å²) < 4.78 is 18.3. The minimum absolute atomic E-state index is 0.0400. The van der Waals surface area contributed by atoms with E-state index in [0.29, 0.717) is 37.1 Å². The molecule has 0 aliphatic carbocycles. The molecule has 0 aromatic heterocycles. The molecular formula is C30H30O4. The zero-order chi connectivity index (χ0) is 23.4. The van der Waals surface area contributed by atoms with Crippen LogP contribution in [0.15, 0.2) is 103 Å². The summed E-state index contributed by atoms with van der Waals surface area (Å²) in [6, 6.07) is 33.8. The molecule has 0 fully saturated rings. The highest BCUT2D eigenvalue weighted by Crippen LogP contribution is 2.44. The first-order valence-corrected chi connectivity index (χ1v) is 11.7. The lowest BCUT2D eigenvalue weighted by Crippen LogP contribution is -2.09. The van der Waals surface area contributed by atoms with Crippen LogP contribution < -0.4 is 14.2 Å². The normalized spacial score (nSPS) is 10.6. The Balaban J connectivity index is 1.46. The van der Waals surface area contributed by atoms with Gasteiger partial charge in [-0.2, -0.15) is 0 Å². The van der Waals surface area contributed by atoms with Gasteiger partial charge in [-0.25, -0.2) is 0 Å². The molecule has 0 saturated heterocycles. The second-order valence-corrected chi connectivity index (χ2v) is 7.99. The van der Waals surface area contributed by atoms with Crippen molar-refractivity contribution in [1.82, 2.24) is 0 Å². The zero-order valence-corrected chi connectivity index (χ0v) is 19.2. The summed E-state index contributed by atoms with van der Waals surface area (Å²) in [5.41, 5.74) is 3.55. The first-order chi connectivity index (χ1) is 16.8. The second kappa shape index (κ2) is 12.4.